The predicted molar refractivity (Wildman–Crippen MR) is 104 cm³/mol. The average molecular weight is 341 g/mol. The molecule has 6 saturated carbocycles. The lowest BCUT2D eigenvalue weighted by atomic mass is 9.46. The van der Waals surface area contributed by atoms with Gasteiger partial charge in [0.2, 0.25) is 0 Å². The van der Waals surface area contributed by atoms with Gasteiger partial charge in [0.25, 0.3) is 0 Å². The molecule has 0 spiro atoms. The van der Waals surface area contributed by atoms with Crippen molar-refractivity contribution in [3.8, 4) is 0 Å². The van der Waals surface area contributed by atoms with Crippen LogP contribution in [-0.4, -0.2) is 0 Å². The maximum Gasteiger partial charge on any atom is -0.0326 e. The maximum atomic E-state index is 1.68. The van der Waals surface area contributed by atoms with E-state index in [1.54, 1.807) is 96.3 Å². The predicted octanol–water partition coefficient (Wildman–Crippen LogP) is 7.08. The lowest BCUT2D eigenvalue weighted by Gasteiger charge is -2.59. The summed E-state index contributed by atoms with van der Waals surface area (Å²) in [6.45, 7) is 0. The van der Waals surface area contributed by atoms with E-state index >= 15 is 0 Å². The van der Waals surface area contributed by atoms with E-state index < -0.39 is 0 Å². The second kappa shape index (κ2) is 6.27. The summed E-state index contributed by atoms with van der Waals surface area (Å²) in [6, 6.07) is 0. The van der Waals surface area contributed by atoms with Gasteiger partial charge in [0, 0.05) is 0 Å². The molecule has 25 heavy (non-hydrogen) atoms. The van der Waals surface area contributed by atoms with Crippen molar-refractivity contribution in [2.75, 3.05) is 0 Å². The summed E-state index contributed by atoms with van der Waals surface area (Å²) < 4.78 is 0. The Morgan fingerprint density at radius 2 is 0.880 bits per heavy atom. The van der Waals surface area contributed by atoms with Crippen LogP contribution in [0.4, 0.5) is 0 Å². The van der Waals surface area contributed by atoms with Crippen LogP contribution in [-0.2, 0) is 0 Å². The van der Waals surface area contributed by atoms with E-state index in [0.717, 1.165) is 41.4 Å². The maximum absolute atomic E-state index is 1.68. The summed E-state index contributed by atoms with van der Waals surface area (Å²) in [5.41, 5.74) is 0. The van der Waals surface area contributed by atoms with Gasteiger partial charge in [-0.05, 0) is 97.7 Å². The van der Waals surface area contributed by atoms with Crippen LogP contribution in [0, 0.1) is 59.2 Å². The minimum Gasteiger partial charge on any atom is -0.0530 e. The minimum absolute atomic E-state index is 1.15. The highest BCUT2D eigenvalue weighted by Crippen LogP contribution is 2.62. The van der Waals surface area contributed by atoms with Gasteiger partial charge < -0.3 is 0 Å². The van der Waals surface area contributed by atoms with Crippen LogP contribution in [0.3, 0.4) is 0 Å². The Bertz CT molecular complexity index is 492. The Hall–Kier alpha value is 0. The fourth-order valence-electron chi connectivity index (χ4n) is 9.97. The van der Waals surface area contributed by atoms with E-state index in [2.05, 4.69) is 0 Å². The van der Waals surface area contributed by atoms with E-state index in [4.69, 9.17) is 0 Å². The lowest BCUT2D eigenvalue weighted by molar-refractivity contribution is -0.0999. The topological polar surface area (TPSA) is 0 Å². The van der Waals surface area contributed by atoms with E-state index in [9.17, 15) is 0 Å². The van der Waals surface area contributed by atoms with Gasteiger partial charge >= 0.3 is 0 Å². The molecule has 6 rings (SSSR count). The molecule has 0 aromatic rings. The second-order valence-electron chi connectivity index (χ2n) is 11.6. The highest BCUT2D eigenvalue weighted by Gasteiger charge is 2.53. The van der Waals surface area contributed by atoms with Gasteiger partial charge in [-0.2, -0.15) is 0 Å². The monoisotopic (exact) mass is 340 g/mol. The number of fused-ring (bicyclic) bond motifs is 4. The van der Waals surface area contributed by atoms with Crippen LogP contribution < -0.4 is 0 Å². The molecular weight excluding hydrogens is 300 g/mol. The number of hydrogen-bond acceptors (Lipinski definition) is 0. The van der Waals surface area contributed by atoms with Crippen LogP contribution in [0.5, 0.6) is 0 Å². The first kappa shape index (κ1) is 16.0. The van der Waals surface area contributed by atoms with Gasteiger partial charge in [-0.1, -0.05) is 57.8 Å². The highest BCUT2D eigenvalue weighted by atomic mass is 14.6. The van der Waals surface area contributed by atoms with Crippen molar-refractivity contribution in [2.24, 2.45) is 59.2 Å². The molecule has 0 aromatic heterocycles. The molecule has 0 radical (unpaired) electrons. The molecule has 0 saturated heterocycles. The molecule has 6 fully saturated rings. The molecular formula is C25H40. The molecule has 0 bridgehead atoms. The third-order valence-electron chi connectivity index (χ3n) is 10.7. The summed E-state index contributed by atoms with van der Waals surface area (Å²) in [4.78, 5) is 0. The Morgan fingerprint density at radius 3 is 1.68 bits per heavy atom. The van der Waals surface area contributed by atoms with E-state index in [1.807, 2.05) is 0 Å². The first-order valence-corrected chi connectivity index (χ1v) is 12.4. The fraction of sp³-hybridized carbons (Fsp3) is 1.00. The van der Waals surface area contributed by atoms with Crippen molar-refractivity contribution < 1.29 is 0 Å². The van der Waals surface area contributed by atoms with Gasteiger partial charge in [0.1, 0.15) is 0 Å². The third-order valence-corrected chi connectivity index (χ3v) is 10.7. The largest absolute Gasteiger partial charge is 0.0530 e. The number of rotatable bonds is 0. The zero-order chi connectivity index (χ0) is 16.4. The fourth-order valence-corrected chi connectivity index (χ4v) is 9.97. The molecule has 0 N–H and O–H groups in total. The van der Waals surface area contributed by atoms with E-state index in [-0.39, 0.29) is 0 Å². The zero-order valence-electron chi connectivity index (χ0n) is 16.4. The first-order chi connectivity index (χ1) is 12.4. The molecule has 6 aliphatic rings. The highest BCUT2D eigenvalue weighted by molar-refractivity contribution is 5.03. The van der Waals surface area contributed by atoms with Crippen LogP contribution in [0.15, 0.2) is 0 Å². The molecule has 10 atom stereocenters. The van der Waals surface area contributed by atoms with Crippen LogP contribution in [0.1, 0.15) is 96.3 Å². The SMILES string of the molecule is C1CCC2CC3CC4C(CC3CC2C1)CC1CCCC2CCCC4C21. The zero-order valence-corrected chi connectivity index (χ0v) is 16.4. The van der Waals surface area contributed by atoms with Gasteiger partial charge in [0.05, 0.1) is 0 Å². The van der Waals surface area contributed by atoms with Gasteiger partial charge in [-0.3, -0.25) is 0 Å². The van der Waals surface area contributed by atoms with Crippen molar-refractivity contribution in [3.05, 3.63) is 0 Å². The quantitative estimate of drug-likeness (QED) is 0.442. The van der Waals surface area contributed by atoms with Crippen LogP contribution in [0.25, 0.3) is 0 Å². The first-order valence-electron chi connectivity index (χ1n) is 12.4. The summed E-state index contributed by atoms with van der Waals surface area (Å²) in [5, 5.41) is 0. The van der Waals surface area contributed by atoms with Gasteiger partial charge in [-0.25, -0.2) is 0 Å². The van der Waals surface area contributed by atoms with Crippen molar-refractivity contribution >= 4 is 0 Å². The summed E-state index contributed by atoms with van der Waals surface area (Å²) in [5.74, 6) is 11.6. The van der Waals surface area contributed by atoms with Gasteiger partial charge in [-0.15, -0.1) is 0 Å². The van der Waals surface area contributed by atoms with Crippen molar-refractivity contribution in [1.29, 1.82) is 0 Å². The van der Waals surface area contributed by atoms with Crippen LogP contribution >= 0.6 is 0 Å². The Kier molecular flexibility index (Phi) is 4.01. The molecule has 6 aliphatic carbocycles. The smallest absolute Gasteiger partial charge is 0.0326 e. The molecule has 0 heteroatoms. The third kappa shape index (κ3) is 2.59. The van der Waals surface area contributed by atoms with Crippen molar-refractivity contribution in [3.63, 3.8) is 0 Å². The number of hydrogen-bond donors (Lipinski definition) is 0. The lowest BCUT2D eigenvalue weighted by Crippen LogP contribution is -2.51. The standard InChI is InChI=1S/C25H40/c1-2-6-18-12-21-15-24-22(14-20(21)11-17(18)5-1)13-19-9-3-7-16-8-4-10-23(24)25(16)19/h16-25H,1-15H2. The molecule has 140 valence electrons. The molecule has 0 aromatic carbocycles. The Labute approximate surface area is 155 Å². The van der Waals surface area contributed by atoms with E-state index in [1.165, 1.54) is 17.8 Å². The Morgan fingerprint density at radius 1 is 0.320 bits per heavy atom. The average Bonchev–Trinajstić information content (AvgIpc) is 2.65. The van der Waals surface area contributed by atoms with Crippen LogP contribution in [0.2, 0.25) is 0 Å². The van der Waals surface area contributed by atoms with Gasteiger partial charge in [0.15, 0.2) is 0 Å². The second-order valence-corrected chi connectivity index (χ2v) is 11.6. The summed E-state index contributed by atoms with van der Waals surface area (Å²) in [7, 11) is 0. The summed E-state index contributed by atoms with van der Waals surface area (Å²) in [6.07, 6.45) is 24.2. The molecule has 0 amide bonds. The van der Waals surface area contributed by atoms with Crippen molar-refractivity contribution in [1.82, 2.24) is 0 Å². The molecule has 0 nitrogen and oxygen atoms in total. The molecule has 0 heterocycles. The molecule has 0 aliphatic heterocycles. The van der Waals surface area contributed by atoms with Crippen molar-refractivity contribution in [2.45, 2.75) is 96.3 Å². The Balaban J connectivity index is 1.24. The molecule has 10 unspecified atom stereocenters. The summed E-state index contributed by atoms with van der Waals surface area (Å²) >= 11 is 0. The minimum atomic E-state index is 1.15. The van der Waals surface area contributed by atoms with E-state index in [0.29, 0.717) is 0 Å². The normalized spacial score (nSPS) is 57.6.